The molecule has 1 aliphatic heterocycles. The fourth-order valence-electron chi connectivity index (χ4n) is 3.51. The maximum atomic E-state index is 6.14. The van der Waals surface area contributed by atoms with Crippen LogP contribution in [0.2, 0.25) is 5.02 Å². The third kappa shape index (κ3) is 4.71. The first-order chi connectivity index (χ1) is 12.7. The Hall–Kier alpha value is -1.72. The van der Waals surface area contributed by atoms with Gasteiger partial charge in [0.2, 0.25) is 0 Å². The fourth-order valence-corrected chi connectivity index (χ4v) is 3.68. The number of nitrogens with zero attached hydrogens (tertiary/aromatic N) is 2. The van der Waals surface area contributed by atoms with Gasteiger partial charge in [-0.15, -0.1) is 0 Å². The van der Waals surface area contributed by atoms with Crippen molar-refractivity contribution in [3.05, 3.63) is 35.0 Å². The van der Waals surface area contributed by atoms with Crippen molar-refractivity contribution in [3.63, 3.8) is 0 Å². The Labute approximate surface area is 160 Å². The molecule has 0 saturated carbocycles. The molecule has 1 fully saturated rings. The van der Waals surface area contributed by atoms with Gasteiger partial charge in [0.15, 0.2) is 5.96 Å². The van der Waals surface area contributed by atoms with Crippen molar-refractivity contribution in [2.45, 2.75) is 26.7 Å². The molecular weight excluding hydrogens is 348 g/mol. The molecule has 1 atom stereocenters. The van der Waals surface area contributed by atoms with E-state index >= 15 is 0 Å². The molecule has 5 nitrogen and oxygen atoms in total. The van der Waals surface area contributed by atoms with E-state index in [0.29, 0.717) is 5.92 Å². The Balaban J connectivity index is 1.61. The molecule has 3 rings (SSSR count). The van der Waals surface area contributed by atoms with Crippen LogP contribution in [0.3, 0.4) is 0 Å². The van der Waals surface area contributed by atoms with Crippen LogP contribution in [0.5, 0.6) is 0 Å². The van der Waals surface area contributed by atoms with Crippen molar-refractivity contribution >= 4 is 28.5 Å². The van der Waals surface area contributed by atoms with Crippen molar-refractivity contribution in [1.29, 1.82) is 0 Å². The van der Waals surface area contributed by atoms with Crippen LogP contribution in [-0.2, 0) is 11.2 Å². The Kier molecular flexibility index (Phi) is 6.80. The summed E-state index contributed by atoms with van der Waals surface area (Å²) < 4.78 is 5.58. The number of guanidine groups is 1. The van der Waals surface area contributed by atoms with Gasteiger partial charge in [-0.1, -0.05) is 11.6 Å². The Morgan fingerprint density at radius 3 is 3.12 bits per heavy atom. The minimum absolute atomic E-state index is 0.606. The number of aliphatic imine (C=N–C) groups is 1. The molecule has 0 aliphatic carbocycles. The number of ether oxygens (including phenoxy) is 1. The monoisotopic (exact) mass is 376 g/mol. The molecule has 1 saturated heterocycles. The summed E-state index contributed by atoms with van der Waals surface area (Å²) in [7, 11) is 0. The van der Waals surface area contributed by atoms with Crippen LogP contribution in [0.4, 0.5) is 0 Å². The molecule has 0 bridgehead atoms. The summed E-state index contributed by atoms with van der Waals surface area (Å²) in [5.74, 6) is 1.62. The third-order valence-corrected chi connectivity index (χ3v) is 5.09. The number of aromatic nitrogens is 1. The fraction of sp³-hybridized carbons (Fsp3) is 0.550. The van der Waals surface area contributed by atoms with Crippen LogP contribution >= 0.6 is 11.6 Å². The molecule has 0 spiro atoms. The lowest BCUT2D eigenvalue weighted by molar-refractivity contribution is 0.114. The molecule has 0 amide bonds. The summed E-state index contributed by atoms with van der Waals surface area (Å²) in [4.78, 5) is 10.5. The number of rotatable bonds is 7. The first kappa shape index (κ1) is 19.1. The van der Waals surface area contributed by atoms with Crippen LogP contribution in [0.25, 0.3) is 10.9 Å². The number of benzene rings is 1. The molecule has 1 aromatic heterocycles. The molecule has 2 aromatic rings. The van der Waals surface area contributed by atoms with E-state index in [-0.39, 0.29) is 0 Å². The van der Waals surface area contributed by atoms with E-state index < -0.39 is 0 Å². The van der Waals surface area contributed by atoms with E-state index in [1.54, 1.807) is 0 Å². The van der Waals surface area contributed by atoms with Crippen molar-refractivity contribution < 1.29 is 4.74 Å². The second-order valence-corrected chi connectivity index (χ2v) is 7.19. The quantitative estimate of drug-likeness (QED) is 0.572. The molecule has 1 aromatic carbocycles. The number of nitrogens with one attached hydrogen (secondary N) is 2. The van der Waals surface area contributed by atoms with E-state index in [0.717, 1.165) is 62.3 Å². The predicted molar refractivity (Wildman–Crippen MR) is 109 cm³/mol. The van der Waals surface area contributed by atoms with Gasteiger partial charge >= 0.3 is 0 Å². The summed E-state index contributed by atoms with van der Waals surface area (Å²) in [6.45, 7) is 9.52. The zero-order chi connectivity index (χ0) is 18.4. The van der Waals surface area contributed by atoms with Crippen LogP contribution < -0.4 is 5.32 Å². The Morgan fingerprint density at radius 1 is 1.42 bits per heavy atom. The first-order valence-electron chi connectivity index (χ1n) is 9.57. The molecule has 2 heterocycles. The van der Waals surface area contributed by atoms with Crippen LogP contribution in [-0.4, -0.2) is 55.2 Å². The summed E-state index contributed by atoms with van der Waals surface area (Å²) in [6.07, 6.45) is 4.13. The summed E-state index contributed by atoms with van der Waals surface area (Å²) >= 11 is 6.14. The van der Waals surface area contributed by atoms with Gasteiger partial charge < -0.3 is 19.9 Å². The van der Waals surface area contributed by atoms with Crippen molar-refractivity contribution in [1.82, 2.24) is 15.2 Å². The number of H-pyrrole nitrogens is 1. The summed E-state index contributed by atoms with van der Waals surface area (Å²) in [6, 6.07) is 5.96. The Morgan fingerprint density at radius 2 is 2.31 bits per heavy atom. The number of hydrogen-bond acceptors (Lipinski definition) is 2. The lowest BCUT2D eigenvalue weighted by atomic mass is 10.1. The first-order valence-corrected chi connectivity index (χ1v) is 9.95. The summed E-state index contributed by atoms with van der Waals surface area (Å²) in [5, 5.41) is 5.40. The molecule has 26 heavy (non-hydrogen) atoms. The zero-order valence-electron chi connectivity index (χ0n) is 15.7. The number of fused-ring (bicyclic) bond motifs is 1. The van der Waals surface area contributed by atoms with Crippen molar-refractivity contribution in [2.24, 2.45) is 10.9 Å². The highest BCUT2D eigenvalue weighted by Crippen LogP contribution is 2.23. The minimum atomic E-state index is 0.606. The van der Waals surface area contributed by atoms with Gasteiger partial charge in [-0.2, -0.15) is 0 Å². The average molecular weight is 377 g/mol. The molecule has 1 unspecified atom stereocenters. The third-order valence-electron chi connectivity index (χ3n) is 4.85. The van der Waals surface area contributed by atoms with Gasteiger partial charge in [-0.25, -0.2) is 0 Å². The predicted octanol–water partition coefficient (Wildman–Crippen LogP) is 3.69. The zero-order valence-corrected chi connectivity index (χ0v) is 16.5. The second kappa shape index (κ2) is 9.28. The highest BCUT2D eigenvalue weighted by Gasteiger charge is 2.24. The minimum Gasteiger partial charge on any atom is -0.381 e. The van der Waals surface area contributed by atoms with Crippen molar-refractivity contribution in [3.8, 4) is 0 Å². The summed E-state index contributed by atoms with van der Waals surface area (Å²) in [5.41, 5.74) is 2.39. The van der Waals surface area contributed by atoms with Gasteiger partial charge in [0.1, 0.15) is 0 Å². The van der Waals surface area contributed by atoms with Gasteiger partial charge in [0.25, 0.3) is 0 Å². The number of aromatic amines is 1. The highest BCUT2D eigenvalue weighted by atomic mass is 35.5. The molecule has 1 aliphatic rings. The van der Waals surface area contributed by atoms with Gasteiger partial charge in [0.05, 0.1) is 6.61 Å². The van der Waals surface area contributed by atoms with E-state index in [9.17, 15) is 0 Å². The van der Waals surface area contributed by atoms with Gasteiger partial charge in [0, 0.05) is 60.8 Å². The average Bonchev–Trinajstić information content (AvgIpc) is 3.26. The van der Waals surface area contributed by atoms with Crippen LogP contribution in [0.15, 0.2) is 29.4 Å². The molecule has 142 valence electrons. The van der Waals surface area contributed by atoms with E-state index in [2.05, 4.69) is 35.2 Å². The topological polar surface area (TPSA) is 52.7 Å². The molecule has 0 radical (unpaired) electrons. The van der Waals surface area contributed by atoms with E-state index in [1.807, 2.05) is 18.2 Å². The SMILES string of the molecule is CCNC(=NCCc1c[nH]c2ccc(Cl)cc12)N1CCC(COCC)C1. The Bertz CT molecular complexity index is 742. The van der Waals surface area contributed by atoms with E-state index in [4.69, 9.17) is 21.3 Å². The largest absolute Gasteiger partial charge is 0.381 e. The van der Waals surface area contributed by atoms with Gasteiger partial charge in [-0.3, -0.25) is 4.99 Å². The smallest absolute Gasteiger partial charge is 0.193 e. The standard InChI is InChI=1S/C20H29ClN4O/c1-3-22-20(25-10-8-15(13-25)14-26-4-2)23-9-7-16-12-24-19-6-5-17(21)11-18(16)19/h5-6,11-12,15,24H,3-4,7-10,13-14H2,1-2H3,(H,22,23). The maximum Gasteiger partial charge on any atom is 0.193 e. The molecule has 2 N–H and O–H groups in total. The normalized spacial score (nSPS) is 18.0. The second-order valence-electron chi connectivity index (χ2n) is 6.75. The maximum absolute atomic E-state index is 6.14. The number of halogens is 1. The lowest BCUT2D eigenvalue weighted by Crippen LogP contribution is -2.40. The molecule has 6 heteroatoms. The van der Waals surface area contributed by atoms with Crippen LogP contribution in [0, 0.1) is 5.92 Å². The molecular formula is C20H29ClN4O. The van der Waals surface area contributed by atoms with Crippen LogP contribution in [0.1, 0.15) is 25.8 Å². The number of hydrogen-bond donors (Lipinski definition) is 2. The van der Waals surface area contributed by atoms with Gasteiger partial charge in [-0.05, 0) is 50.5 Å². The lowest BCUT2D eigenvalue weighted by Gasteiger charge is -2.21. The van der Waals surface area contributed by atoms with E-state index in [1.165, 1.54) is 17.4 Å². The highest BCUT2D eigenvalue weighted by molar-refractivity contribution is 6.31. The number of likely N-dealkylation sites (tertiary alicyclic amines) is 1. The van der Waals surface area contributed by atoms with Crippen molar-refractivity contribution in [2.75, 3.05) is 39.4 Å².